The molecular formula is C12H17N3O2. The van der Waals surface area contributed by atoms with Crippen LogP contribution in [-0.2, 0) is 0 Å². The first-order chi connectivity index (χ1) is 8.29. The Labute approximate surface area is 101 Å². The lowest BCUT2D eigenvalue weighted by Gasteiger charge is -2.31. The molecule has 2 amide bonds. The molecule has 0 aromatic carbocycles. The first-order valence-electron chi connectivity index (χ1n) is 5.83. The van der Waals surface area contributed by atoms with Crippen LogP contribution in [0.5, 0.6) is 5.75 Å². The molecule has 2 heterocycles. The molecule has 92 valence electrons. The van der Waals surface area contributed by atoms with Crippen LogP contribution in [0.2, 0.25) is 0 Å². The Kier molecular flexibility index (Phi) is 3.80. The highest BCUT2D eigenvalue weighted by Crippen LogP contribution is 2.17. The van der Waals surface area contributed by atoms with Gasteiger partial charge in [0, 0.05) is 45.4 Å². The van der Waals surface area contributed by atoms with E-state index in [0.717, 1.165) is 31.7 Å². The minimum atomic E-state index is -0.00707. The number of hydrogen-bond donors (Lipinski definition) is 1. The number of carbonyl (C=O) groups excluding carboxylic acids is 1. The number of pyridine rings is 1. The zero-order valence-corrected chi connectivity index (χ0v) is 9.93. The number of ether oxygens (including phenoxy) is 1. The highest BCUT2D eigenvalue weighted by molar-refractivity contribution is 5.73. The summed E-state index contributed by atoms with van der Waals surface area (Å²) >= 11 is 0. The molecule has 1 aromatic rings. The molecule has 0 unspecified atom stereocenters. The fourth-order valence-corrected chi connectivity index (χ4v) is 1.94. The highest BCUT2D eigenvalue weighted by Gasteiger charge is 2.23. The lowest BCUT2D eigenvalue weighted by atomic mass is 10.1. The van der Waals surface area contributed by atoms with E-state index in [9.17, 15) is 4.79 Å². The fourth-order valence-electron chi connectivity index (χ4n) is 1.94. The van der Waals surface area contributed by atoms with Crippen molar-refractivity contribution in [1.29, 1.82) is 0 Å². The van der Waals surface area contributed by atoms with E-state index in [2.05, 4.69) is 10.3 Å². The molecule has 0 spiro atoms. The average molecular weight is 235 g/mol. The number of nitrogens with zero attached hydrogens (tertiary/aromatic N) is 2. The van der Waals surface area contributed by atoms with Crippen LogP contribution in [0.3, 0.4) is 0 Å². The van der Waals surface area contributed by atoms with E-state index in [1.807, 2.05) is 17.0 Å². The molecule has 1 N–H and O–H groups in total. The lowest BCUT2D eigenvalue weighted by molar-refractivity contribution is 0.111. The molecule has 5 heteroatoms. The van der Waals surface area contributed by atoms with E-state index in [-0.39, 0.29) is 12.1 Å². The summed E-state index contributed by atoms with van der Waals surface area (Å²) in [6.45, 7) is 1.49. The topological polar surface area (TPSA) is 54.5 Å². The van der Waals surface area contributed by atoms with Crippen LogP contribution in [0.4, 0.5) is 4.79 Å². The van der Waals surface area contributed by atoms with Crippen molar-refractivity contribution < 1.29 is 9.53 Å². The lowest BCUT2D eigenvalue weighted by Crippen LogP contribution is -2.45. The summed E-state index contributed by atoms with van der Waals surface area (Å²) < 4.78 is 5.82. The standard InChI is InChI=1S/C12H17N3O2/c1-13-12(16)15-8-4-11(5-9-15)17-10-2-6-14-7-3-10/h2-3,6-7,11H,4-5,8-9H2,1H3,(H,13,16). The van der Waals surface area contributed by atoms with Crippen LogP contribution in [-0.4, -0.2) is 42.2 Å². The van der Waals surface area contributed by atoms with Crippen molar-refractivity contribution in [3.63, 3.8) is 0 Å². The van der Waals surface area contributed by atoms with Crippen LogP contribution < -0.4 is 10.1 Å². The smallest absolute Gasteiger partial charge is 0.317 e. The van der Waals surface area contributed by atoms with Gasteiger partial charge in [0.05, 0.1) is 0 Å². The maximum Gasteiger partial charge on any atom is 0.317 e. The van der Waals surface area contributed by atoms with Gasteiger partial charge in [0.1, 0.15) is 11.9 Å². The van der Waals surface area contributed by atoms with Gasteiger partial charge in [-0.2, -0.15) is 0 Å². The Morgan fingerprint density at radius 3 is 2.65 bits per heavy atom. The molecule has 5 nitrogen and oxygen atoms in total. The first kappa shape index (κ1) is 11.7. The third kappa shape index (κ3) is 3.09. The monoisotopic (exact) mass is 235 g/mol. The first-order valence-corrected chi connectivity index (χ1v) is 5.83. The number of nitrogens with one attached hydrogen (secondary N) is 1. The van der Waals surface area contributed by atoms with Crippen LogP contribution in [0, 0.1) is 0 Å². The molecule has 0 saturated carbocycles. The fraction of sp³-hybridized carbons (Fsp3) is 0.500. The molecule has 0 radical (unpaired) electrons. The highest BCUT2D eigenvalue weighted by atomic mass is 16.5. The Hall–Kier alpha value is -1.78. The summed E-state index contributed by atoms with van der Waals surface area (Å²) in [5, 5.41) is 2.64. The predicted octanol–water partition coefficient (Wildman–Crippen LogP) is 1.26. The number of piperidine rings is 1. The van der Waals surface area contributed by atoms with Crippen molar-refractivity contribution in [3.05, 3.63) is 24.5 Å². The third-order valence-electron chi connectivity index (χ3n) is 2.90. The van der Waals surface area contributed by atoms with Gasteiger partial charge in [-0.05, 0) is 12.1 Å². The number of amides is 2. The molecule has 0 aliphatic carbocycles. The van der Waals surface area contributed by atoms with E-state index in [1.54, 1.807) is 19.4 Å². The minimum Gasteiger partial charge on any atom is -0.490 e. The van der Waals surface area contributed by atoms with Crippen LogP contribution in [0.1, 0.15) is 12.8 Å². The summed E-state index contributed by atoms with van der Waals surface area (Å²) in [7, 11) is 1.65. The second-order valence-electron chi connectivity index (χ2n) is 4.04. The maximum atomic E-state index is 11.4. The van der Waals surface area contributed by atoms with Crippen molar-refractivity contribution >= 4 is 6.03 Å². The van der Waals surface area contributed by atoms with Gasteiger partial charge in [0.15, 0.2) is 0 Å². The number of likely N-dealkylation sites (tertiary alicyclic amines) is 1. The van der Waals surface area contributed by atoms with Crippen LogP contribution in [0.15, 0.2) is 24.5 Å². The number of aromatic nitrogens is 1. The summed E-state index contributed by atoms with van der Waals surface area (Å²) in [4.78, 5) is 17.2. The summed E-state index contributed by atoms with van der Waals surface area (Å²) in [5.74, 6) is 0.846. The second kappa shape index (κ2) is 5.52. The van der Waals surface area contributed by atoms with Gasteiger partial charge < -0.3 is 15.0 Å². The Balaban J connectivity index is 1.82. The number of urea groups is 1. The normalized spacial score (nSPS) is 16.6. The predicted molar refractivity (Wildman–Crippen MR) is 63.9 cm³/mol. The summed E-state index contributed by atoms with van der Waals surface area (Å²) in [6.07, 6.45) is 5.37. The van der Waals surface area contributed by atoms with Gasteiger partial charge in [-0.15, -0.1) is 0 Å². The molecular weight excluding hydrogens is 218 g/mol. The van der Waals surface area contributed by atoms with Gasteiger partial charge in [0.2, 0.25) is 0 Å². The quantitative estimate of drug-likeness (QED) is 0.839. The number of hydrogen-bond acceptors (Lipinski definition) is 3. The molecule has 1 saturated heterocycles. The molecule has 1 aliphatic rings. The van der Waals surface area contributed by atoms with Crippen LogP contribution in [0.25, 0.3) is 0 Å². The van der Waals surface area contributed by atoms with E-state index in [1.165, 1.54) is 0 Å². The zero-order chi connectivity index (χ0) is 12.1. The SMILES string of the molecule is CNC(=O)N1CCC(Oc2ccncc2)CC1. The van der Waals surface area contributed by atoms with Crippen LogP contribution >= 0.6 is 0 Å². The van der Waals surface area contributed by atoms with Gasteiger partial charge in [0.25, 0.3) is 0 Å². The van der Waals surface area contributed by atoms with Crippen molar-refractivity contribution in [2.45, 2.75) is 18.9 Å². The van der Waals surface area contributed by atoms with Gasteiger partial charge in [-0.25, -0.2) is 4.79 Å². The van der Waals surface area contributed by atoms with E-state index in [4.69, 9.17) is 4.74 Å². The van der Waals surface area contributed by atoms with E-state index < -0.39 is 0 Å². The van der Waals surface area contributed by atoms with E-state index >= 15 is 0 Å². The number of carbonyl (C=O) groups is 1. The Morgan fingerprint density at radius 1 is 1.41 bits per heavy atom. The second-order valence-corrected chi connectivity index (χ2v) is 4.04. The zero-order valence-electron chi connectivity index (χ0n) is 9.93. The average Bonchev–Trinajstić information content (AvgIpc) is 2.40. The summed E-state index contributed by atoms with van der Waals surface area (Å²) in [5.41, 5.74) is 0. The van der Waals surface area contributed by atoms with Crippen molar-refractivity contribution in [2.75, 3.05) is 20.1 Å². The summed E-state index contributed by atoms with van der Waals surface area (Å²) in [6, 6.07) is 3.70. The Bertz CT molecular complexity index is 361. The molecule has 1 fully saturated rings. The maximum absolute atomic E-state index is 11.4. The number of rotatable bonds is 2. The van der Waals surface area contributed by atoms with Crippen molar-refractivity contribution in [2.24, 2.45) is 0 Å². The third-order valence-corrected chi connectivity index (χ3v) is 2.90. The van der Waals surface area contributed by atoms with Crippen molar-refractivity contribution in [1.82, 2.24) is 15.2 Å². The largest absolute Gasteiger partial charge is 0.490 e. The van der Waals surface area contributed by atoms with E-state index in [0.29, 0.717) is 0 Å². The minimum absolute atomic E-state index is 0.00707. The molecule has 0 atom stereocenters. The van der Waals surface area contributed by atoms with Gasteiger partial charge in [-0.1, -0.05) is 0 Å². The molecule has 1 aliphatic heterocycles. The molecule has 1 aromatic heterocycles. The molecule has 17 heavy (non-hydrogen) atoms. The van der Waals surface area contributed by atoms with Gasteiger partial charge in [-0.3, -0.25) is 4.98 Å². The van der Waals surface area contributed by atoms with Gasteiger partial charge >= 0.3 is 6.03 Å². The Morgan fingerprint density at radius 2 is 2.06 bits per heavy atom. The molecule has 0 bridgehead atoms. The van der Waals surface area contributed by atoms with Crippen molar-refractivity contribution in [3.8, 4) is 5.75 Å². The molecule has 2 rings (SSSR count).